The molecule has 0 saturated heterocycles. The van der Waals surface area contributed by atoms with Crippen molar-refractivity contribution >= 4 is 6.29 Å². The van der Waals surface area contributed by atoms with E-state index in [1.807, 2.05) is 0 Å². The molecule has 2 saturated carbocycles. The summed E-state index contributed by atoms with van der Waals surface area (Å²) in [6.45, 7) is 4.42. The number of aliphatic hydroxyl groups is 1. The van der Waals surface area contributed by atoms with Gasteiger partial charge in [0.15, 0.2) is 0 Å². The molecule has 0 amide bonds. The molecule has 0 aliphatic heterocycles. The van der Waals surface area contributed by atoms with Crippen molar-refractivity contribution in [1.29, 1.82) is 0 Å². The number of hydrogen-bond acceptors (Lipinski definition) is 2. The first-order valence-electron chi connectivity index (χ1n) is 6.76. The van der Waals surface area contributed by atoms with Gasteiger partial charge in [0.25, 0.3) is 0 Å². The van der Waals surface area contributed by atoms with Gasteiger partial charge < -0.3 is 9.90 Å². The van der Waals surface area contributed by atoms with Crippen LogP contribution in [0, 0.1) is 23.2 Å². The molecule has 0 aromatic carbocycles. The minimum atomic E-state index is -0.118. The number of fused-ring (bicyclic) bond motifs is 1. The number of hydrogen-bond donors (Lipinski definition) is 1. The average Bonchev–Trinajstić information content (AvgIpc) is 2.60. The highest BCUT2D eigenvalue weighted by Crippen LogP contribution is 2.57. The molecule has 1 N–H and O–H groups in total. The minimum absolute atomic E-state index is 0.118. The molecular formula is C14H24O2. The number of rotatable bonds is 3. The molecule has 2 rings (SSSR count). The molecule has 16 heavy (non-hydrogen) atoms. The van der Waals surface area contributed by atoms with Crippen LogP contribution in [0.15, 0.2) is 0 Å². The van der Waals surface area contributed by atoms with E-state index in [1.165, 1.54) is 6.42 Å². The first-order valence-corrected chi connectivity index (χ1v) is 6.76. The standard InChI is InChI=1S/C14H24O2/c1-3-10(9-15)11-6-7-12-13(16)5-4-8-14(11,12)2/h9-13,16H,3-8H2,1-2H3. The van der Waals surface area contributed by atoms with Crippen molar-refractivity contribution in [3.05, 3.63) is 0 Å². The van der Waals surface area contributed by atoms with Gasteiger partial charge in [-0.25, -0.2) is 0 Å². The fourth-order valence-corrected chi connectivity index (χ4v) is 4.37. The Hall–Kier alpha value is -0.370. The van der Waals surface area contributed by atoms with Gasteiger partial charge in [0.1, 0.15) is 6.29 Å². The van der Waals surface area contributed by atoms with Gasteiger partial charge in [-0.1, -0.05) is 20.3 Å². The lowest BCUT2D eigenvalue weighted by molar-refractivity contribution is -0.115. The van der Waals surface area contributed by atoms with E-state index < -0.39 is 0 Å². The summed E-state index contributed by atoms with van der Waals surface area (Å²) in [4.78, 5) is 11.2. The topological polar surface area (TPSA) is 37.3 Å². The fourth-order valence-electron chi connectivity index (χ4n) is 4.37. The SMILES string of the molecule is CCC(C=O)C1CCC2C(O)CCCC21C. The third kappa shape index (κ3) is 1.71. The van der Waals surface area contributed by atoms with Crippen LogP contribution in [0.5, 0.6) is 0 Å². The van der Waals surface area contributed by atoms with Crippen LogP contribution in [0.4, 0.5) is 0 Å². The van der Waals surface area contributed by atoms with Gasteiger partial charge in [0, 0.05) is 5.92 Å². The first kappa shape index (κ1) is 12.1. The molecule has 2 heteroatoms. The van der Waals surface area contributed by atoms with E-state index in [0.717, 1.165) is 38.4 Å². The zero-order valence-corrected chi connectivity index (χ0v) is 10.5. The van der Waals surface area contributed by atoms with Crippen LogP contribution >= 0.6 is 0 Å². The number of aldehydes is 1. The van der Waals surface area contributed by atoms with E-state index in [0.29, 0.717) is 11.8 Å². The van der Waals surface area contributed by atoms with Crippen LogP contribution in [0.1, 0.15) is 52.4 Å². The summed E-state index contributed by atoms with van der Waals surface area (Å²) in [5, 5.41) is 10.1. The monoisotopic (exact) mass is 224 g/mol. The van der Waals surface area contributed by atoms with Gasteiger partial charge in [-0.2, -0.15) is 0 Å². The van der Waals surface area contributed by atoms with Gasteiger partial charge >= 0.3 is 0 Å². The summed E-state index contributed by atoms with van der Waals surface area (Å²) in [6.07, 6.45) is 7.52. The number of carbonyl (C=O) groups excluding carboxylic acids is 1. The molecule has 92 valence electrons. The lowest BCUT2D eigenvalue weighted by Crippen LogP contribution is -2.42. The number of aliphatic hydroxyl groups excluding tert-OH is 1. The summed E-state index contributed by atoms with van der Waals surface area (Å²) >= 11 is 0. The van der Waals surface area contributed by atoms with Gasteiger partial charge in [-0.3, -0.25) is 0 Å². The normalized spacial score (nSPS) is 45.1. The molecule has 2 aliphatic carbocycles. The summed E-state index contributed by atoms with van der Waals surface area (Å²) in [5.74, 6) is 1.16. The molecule has 0 heterocycles. The van der Waals surface area contributed by atoms with Crippen molar-refractivity contribution in [2.75, 3.05) is 0 Å². The third-order valence-corrected chi connectivity index (χ3v) is 5.33. The van der Waals surface area contributed by atoms with E-state index in [2.05, 4.69) is 13.8 Å². The Morgan fingerprint density at radius 2 is 2.19 bits per heavy atom. The Morgan fingerprint density at radius 3 is 2.81 bits per heavy atom. The van der Waals surface area contributed by atoms with Crippen LogP contribution in [-0.2, 0) is 4.79 Å². The summed E-state index contributed by atoms with van der Waals surface area (Å²) < 4.78 is 0. The summed E-state index contributed by atoms with van der Waals surface area (Å²) in [6, 6.07) is 0. The zero-order chi connectivity index (χ0) is 11.8. The van der Waals surface area contributed by atoms with E-state index in [4.69, 9.17) is 0 Å². The highest BCUT2D eigenvalue weighted by Gasteiger charge is 2.52. The number of carbonyl (C=O) groups is 1. The second-order valence-corrected chi connectivity index (χ2v) is 5.96. The van der Waals surface area contributed by atoms with E-state index in [-0.39, 0.29) is 17.4 Å². The van der Waals surface area contributed by atoms with Gasteiger partial charge in [-0.15, -0.1) is 0 Å². The van der Waals surface area contributed by atoms with Crippen LogP contribution in [0.3, 0.4) is 0 Å². The molecule has 2 fully saturated rings. The van der Waals surface area contributed by atoms with Crippen molar-refractivity contribution in [1.82, 2.24) is 0 Å². The molecular weight excluding hydrogens is 200 g/mol. The Bertz CT molecular complexity index is 263. The molecule has 0 aromatic rings. The van der Waals surface area contributed by atoms with Crippen molar-refractivity contribution in [2.45, 2.75) is 58.5 Å². The van der Waals surface area contributed by atoms with Crippen LogP contribution < -0.4 is 0 Å². The van der Waals surface area contributed by atoms with Crippen LogP contribution in [0.2, 0.25) is 0 Å². The largest absolute Gasteiger partial charge is 0.393 e. The maximum Gasteiger partial charge on any atom is 0.123 e. The predicted octanol–water partition coefficient (Wildman–Crippen LogP) is 2.79. The average molecular weight is 224 g/mol. The molecule has 2 nitrogen and oxygen atoms in total. The van der Waals surface area contributed by atoms with Gasteiger partial charge in [0.2, 0.25) is 0 Å². The molecule has 5 unspecified atom stereocenters. The van der Waals surface area contributed by atoms with Crippen molar-refractivity contribution < 1.29 is 9.90 Å². The Balaban J connectivity index is 2.20. The van der Waals surface area contributed by atoms with Crippen LogP contribution in [-0.4, -0.2) is 17.5 Å². The molecule has 0 spiro atoms. The van der Waals surface area contributed by atoms with E-state index in [9.17, 15) is 9.90 Å². The Labute approximate surface area is 98.4 Å². The lowest BCUT2D eigenvalue weighted by atomic mass is 9.61. The van der Waals surface area contributed by atoms with E-state index in [1.54, 1.807) is 0 Å². The first-order chi connectivity index (χ1) is 7.63. The molecule has 0 radical (unpaired) electrons. The smallest absolute Gasteiger partial charge is 0.123 e. The summed E-state index contributed by atoms with van der Waals surface area (Å²) in [5.41, 5.74) is 0.221. The quantitative estimate of drug-likeness (QED) is 0.748. The minimum Gasteiger partial charge on any atom is -0.393 e. The summed E-state index contributed by atoms with van der Waals surface area (Å²) in [7, 11) is 0. The van der Waals surface area contributed by atoms with Crippen molar-refractivity contribution in [3.8, 4) is 0 Å². The fraction of sp³-hybridized carbons (Fsp3) is 0.929. The van der Waals surface area contributed by atoms with Crippen LogP contribution in [0.25, 0.3) is 0 Å². The second-order valence-electron chi connectivity index (χ2n) is 5.96. The van der Waals surface area contributed by atoms with Gasteiger partial charge in [-0.05, 0) is 49.4 Å². The third-order valence-electron chi connectivity index (χ3n) is 5.33. The zero-order valence-electron chi connectivity index (χ0n) is 10.5. The maximum absolute atomic E-state index is 11.2. The highest BCUT2D eigenvalue weighted by molar-refractivity contribution is 5.54. The van der Waals surface area contributed by atoms with Crippen molar-refractivity contribution in [2.24, 2.45) is 23.2 Å². The predicted molar refractivity (Wildman–Crippen MR) is 64.0 cm³/mol. The maximum atomic E-state index is 11.2. The highest BCUT2D eigenvalue weighted by atomic mass is 16.3. The Kier molecular flexibility index (Phi) is 3.39. The molecule has 5 atom stereocenters. The lowest BCUT2D eigenvalue weighted by Gasteiger charge is -2.44. The molecule has 2 aliphatic rings. The molecule has 0 aromatic heterocycles. The van der Waals surface area contributed by atoms with E-state index >= 15 is 0 Å². The molecule has 0 bridgehead atoms. The Morgan fingerprint density at radius 1 is 1.44 bits per heavy atom. The van der Waals surface area contributed by atoms with Crippen molar-refractivity contribution in [3.63, 3.8) is 0 Å². The second kappa shape index (κ2) is 4.48. The van der Waals surface area contributed by atoms with Gasteiger partial charge in [0.05, 0.1) is 6.10 Å².